The zero-order valence-electron chi connectivity index (χ0n) is 16.5. The van der Waals surface area contributed by atoms with Crippen molar-refractivity contribution in [2.75, 3.05) is 13.2 Å². The fraction of sp³-hybridized carbons (Fsp3) is 0.208. The molecule has 0 N–H and O–H groups in total. The maximum atomic E-state index is 12.2. The number of ether oxygens (including phenoxy) is 2. The van der Waals surface area contributed by atoms with Crippen LogP contribution in [0.3, 0.4) is 0 Å². The highest BCUT2D eigenvalue weighted by Crippen LogP contribution is 2.24. The zero-order chi connectivity index (χ0) is 20.6. The predicted molar refractivity (Wildman–Crippen MR) is 119 cm³/mol. The molecular weight excluding hydrogens is 404 g/mol. The number of hydrogen-bond acceptors (Lipinski definition) is 4. The van der Waals surface area contributed by atoms with Crippen LogP contribution in [0.4, 0.5) is 0 Å². The second-order valence-electron chi connectivity index (χ2n) is 6.64. The molecule has 0 radical (unpaired) electrons. The Labute approximate surface area is 181 Å². The summed E-state index contributed by atoms with van der Waals surface area (Å²) in [5, 5.41) is 0.733. The summed E-state index contributed by atoms with van der Waals surface area (Å²) in [5.41, 5.74) is 3.82. The van der Waals surface area contributed by atoms with Crippen molar-refractivity contribution >= 4 is 29.3 Å². The maximum Gasteiger partial charge on any atom is 0.338 e. The van der Waals surface area contributed by atoms with Gasteiger partial charge in [-0.1, -0.05) is 41.9 Å². The van der Waals surface area contributed by atoms with E-state index in [1.54, 1.807) is 23.9 Å². The number of esters is 1. The first-order valence-electron chi connectivity index (χ1n) is 9.36. The van der Waals surface area contributed by atoms with E-state index < -0.39 is 0 Å². The topological polar surface area (TPSA) is 35.5 Å². The number of rotatable bonds is 8. The third-order valence-electron chi connectivity index (χ3n) is 4.38. The predicted octanol–water partition coefficient (Wildman–Crippen LogP) is 6.48. The maximum absolute atomic E-state index is 12.2. The van der Waals surface area contributed by atoms with Crippen molar-refractivity contribution < 1.29 is 14.3 Å². The van der Waals surface area contributed by atoms with Crippen LogP contribution < -0.4 is 4.74 Å². The van der Waals surface area contributed by atoms with Crippen LogP contribution in [0.15, 0.2) is 71.6 Å². The van der Waals surface area contributed by atoms with E-state index in [1.165, 1.54) is 0 Å². The van der Waals surface area contributed by atoms with Crippen molar-refractivity contribution in [1.29, 1.82) is 0 Å². The molecule has 3 aromatic carbocycles. The first-order chi connectivity index (χ1) is 14.0. The Morgan fingerprint density at radius 3 is 2.21 bits per heavy atom. The van der Waals surface area contributed by atoms with E-state index in [1.807, 2.05) is 68.4 Å². The number of para-hydroxylation sites is 1. The number of thioether (sulfide) groups is 1. The number of halogens is 1. The van der Waals surface area contributed by atoms with Gasteiger partial charge in [-0.15, -0.1) is 11.8 Å². The molecule has 3 rings (SSSR count). The largest absolute Gasteiger partial charge is 0.489 e. The van der Waals surface area contributed by atoms with E-state index in [0.717, 1.165) is 38.1 Å². The average molecular weight is 427 g/mol. The van der Waals surface area contributed by atoms with Crippen LogP contribution in [0, 0.1) is 13.8 Å². The lowest BCUT2D eigenvalue weighted by Gasteiger charge is -2.12. The van der Waals surface area contributed by atoms with Crippen LogP contribution in [0.1, 0.15) is 27.0 Å². The molecule has 0 atom stereocenters. The summed E-state index contributed by atoms with van der Waals surface area (Å²) < 4.78 is 11.1. The van der Waals surface area contributed by atoms with E-state index in [-0.39, 0.29) is 12.6 Å². The molecule has 5 heteroatoms. The van der Waals surface area contributed by atoms with Gasteiger partial charge in [-0.3, -0.25) is 0 Å². The lowest BCUT2D eigenvalue weighted by molar-refractivity contribution is 0.0450. The molecule has 0 aromatic heterocycles. The smallest absolute Gasteiger partial charge is 0.338 e. The van der Waals surface area contributed by atoms with Gasteiger partial charge in [0.1, 0.15) is 19.0 Å². The SMILES string of the molecule is Cc1cccc(C)c1OCCOC(=O)c1ccc(CSc2ccc(Cl)cc2)cc1. The van der Waals surface area contributed by atoms with Crippen LogP contribution >= 0.6 is 23.4 Å². The molecule has 0 amide bonds. The van der Waals surface area contributed by atoms with Gasteiger partial charge in [-0.05, 0) is 66.9 Å². The minimum atomic E-state index is -0.341. The van der Waals surface area contributed by atoms with Gasteiger partial charge in [0.15, 0.2) is 0 Å². The summed E-state index contributed by atoms with van der Waals surface area (Å²) in [6.45, 7) is 4.54. The molecule has 0 saturated carbocycles. The van der Waals surface area contributed by atoms with Crippen LogP contribution in [0.5, 0.6) is 5.75 Å². The van der Waals surface area contributed by atoms with E-state index >= 15 is 0 Å². The van der Waals surface area contributed by atoms with Gasteiger partial charge in [0.25, 0.3) is 0 Å². The quantitative estimate of drug-likeness (QED) is 0.234. The molecular formula is C24H23ClO3S. The Bertz CT molecular complexity index is 933. The summed E-state index contributed by atoms with van der Waals surface area (Å²) in [5.74, 6) is 1.33. The number of hydrogen-bond donors (Lipinski definition) is 0. The monoisotopic (exact) mass is 426 g/mol. The Morgan fingerprint density at radius 1 is 0.897 bits per heavy atom. The second-order valence-corrected chi connectivity index (χ2v) is 8.13. The molecule has 0 aliphatic rings. The Morgan fingerprint density at radius 2 is 1.55 bits per heavy atom. The van der Waals surface area contributed by atoms with Crippen molar-refractivity contribution in [2.24, 2.45) is 0 Å². The van der Waals surface area contributed by atoms with Gasteiger partial charge in [-0.25, -0.2) is 4.79 Å². The minimum Gasteiger partial charge on any atom is -0.489 e. The van der Waals surface area contributed by atoms with Gasteiger partial charge in [0.2, 0.25) is 0 Å². The third-order valence-corrected chi connectivity index (χ3v) is 5.72. The van der Waals surface area contributed by atoms with E-state index in [2.05, 4.69) is 0 Å². The molecule has 0 bridgehead atoms. The number of carbonyl (C=O) groups is 1. The highest BCUT2D eigenvalue weighted by Gasteiger charge is 2.08. The fourth-order valence-corrected chi connectivity index (χ4v) is 3.80. The summed E-state index contributed by atoms with van der Waals surface area (Å²) >= 11 is 7.63. The molecule has 0 heterocycles. The number of carbonyl (C=O) groups excluding carboxylic acids is 1. The molecule has 0 spiro atoms. The normalized spacial score (nSPS) is 10.6. The Balaban J connectivity index is 1.44. The first-order valence-corrected chi connectivity index (χ1v) is 10.7. The van der Waals surface area contributed by atoms with Crippen molar-refractivity contribution in [3.63, 3.8) is 0 Å². The summed E-state index contributed by atoms with van der Waals surface area (Å²) in [4.78, 5) is 13.4. The highest BCUT2D eigenvalue weighted by atomic mass is 35.5. The van der Waals surface area contributed by atoms with Crippen LogP contribution in [-0.2, 0) is 10.5 Å². The second kappa shape index (κ2) is 10.4. The molecule has 3 nitrogen and oxygen atoms in total. The molecule has 0 saturated heterocycles. The summed E-state index contributed by atoms with van der Waals surface area (Å²) in [6, 6.07) is 21.3. The van der Waals surface area contributed by atoms with Crippen molar-refractivity contribution in [2.45, 2.75) is 24.5 Å². The lowest BCUT2D eigenvalue weighted by Crippen LogP contribution is -2.13. The molecule has 0 unspecified atom stereocenters. The van der Waals surface area contributed by atoms with Gasteiger partial charge in [-0.2, -0.15) is 0 Å². The number of benzene rings is 3. The molecule has 0 fully saturated rings. The van der Waals surface area contributed by atoms with Crippen molar-refractivity contribution in [3.05, 3.63) is 94.0 Å². The molecule has 29 heavy (non-hydrogen) atoms. The molecule has 0 aliphatic heterocycles. The fourth-order valence-electron chi connectivity index (χ4n) is 2.82. The molecule has 0 aliphatic carbocycles. The highest BCUT2D eigenvalue weighted by molar-refractivity contribution is 7.98. The average Bonchev–Trinajstić information content (AvgIpc) is 2.72. The zero-order valence-corrected chi connectivity index (χ0v) is 18.1. The Hall–Kier alpha value is -2.43. The van der Waals surface area contributed by atoms with Crippen molar-refractivity contribution in [3.8, 4) is 5.75 Å². The van der Waals surface area contributed by atoms with E-state index in [4.69, 9.17) is 21.1 Å². The van der Waals surface area contributed by atoms with Crippen LogP contribution in [0.2, 0.25) is 5.02 Å². The molecule has 3 aromatic rings. The van der Waals surface area contributed by atoms with Crippen LogP contribution in [-0.4, -0.2) is 19.2 Å². The van der Waals surface area contributed by atoms with E-state index in [0.29, 0.717) is 12.2 Å². The van der Waals surface area contributed by atoms with Gasteiger partial charge in [0, 0.05) is 15.7 Å². The van der Waals surface area contributed by atoms with Crippen LogP contribution in [0.25, 0.3) is 0 Å². The Kier molecular flexibility index (Phi) is 7.62. The minimum absolute atomic E-state index is 0.209. The van der Waals surface area contributed by atoms with Gasteiger partial charge >= 0.3 is 5.97 Å². The molecule has 150 valence electrons. The number of aryl methyl sites for hydroxylation is 2. The summed E-state index contributed by atoms with van der Waals surface area (Å²) in [6.07, 6.45) is 0. The third kappa shape index (κ3) is 6.28. The standard InChI is InChI=1S/C24H23ClO3S/c1-17-4-3-5-18(2)23(17)27-14-15-28-24(26)20-8-6-19(7-9-20)16-29-22-12-10-21(25)11-13-22/h3-13H,14-16H2,1-2H3. The first kappa shape index (κ1) is 21.3. The van der Waals surface area contributed by atoms with E-state index in [9.17, 15) is 4.79 Å². The van der Waals surface area contributed by atoms with Gasteiger partial charge in [0.05, 0.1) is 5.56 Å². The summed E-state index contributed by atoms with van der Waals surface area (Å²) in [7, 11) is 0. The van der Waals surface area contributed by atoms with Crippen molar-refractivity contribution in [1.82, 2.24) is 0 Å². The van der Waals surface area contributed by atoms with Gasteiger partial charge < -0.3 is 9.47 Å². The lowest BCUT2D eigenvalue weighted by atomic mass is 10.1.